The van der Waals surface area contributed by atoms with Crippen LogP contribution in [-0.2, 0) is 17.6 Å². The maximum atomic E-state index is 13.3. The zero-order valence-electron chi connectivity index (χ0n) is 17.0. The first-order valence-corrected chi connectivity index (χ1v) is 11.8. The lowest BCUT2D eigenvalue weighted by molar-refractivity contribution is -0.146. The molecule has 1 aliphatic heterocycles. The number of fused-ring (bicyclic) bond motifs is 1. The third-order valence-corrected chi connectivity index (χ3v) is 8.78. The van der Waals surface area contributed by atoms with E-state index in [9.17, 15) is 4.79 Å². The average Bonchev–Trinajstić information content (AvgIpc) is 3.26. The summed E-state index contributed by atoms with van der Waals surface area (Å²) in [6, 6.07) is 9.33. The van der Waals surface area contributed by atoms with E-state index in [2.05, 4.69) is 34.5 Å². The predicted octanol–water partition coefficient (Wildman–Crippen LogP) is 3.81. The van der Waals surface area contributed by atoms with E-state index in [-0.39, 0.29) is 5.41 Å². The molecule has 0 radical (unpaired) electrons. The fourth-order valence-corrected chi connectivity index (χ4v) is 7.99. The molecule has 3 heteroatoms. The van der Waals surface area contributed by atoms with Crippen LogP contribution >= 0.6 is 0 Å². The molecule has 7 rings (SSSR count). The molecule has 1 heterocycles. The smallest absolute Gasteiger partial charge is 0.226 e. The molecule has 1 saturated heterocycles. The van der Waals surface area contributed by atoms with Gasteiger partial charge in [-0.2, -0.15) is 0 Å². The molecule has 0 unspecified atom stereocenters. The second-order valence-corrected chi connectivity index (χ2v) is 11.0. The third-order valence-electron chi connectivity index (χ3n) is 8.78. The summed E-state index contributed by atoms with van der Waals surface area (Å²) >= 11 is 0. The van der Waals surface area contributed by atoms with Crippen molar-refractivity contribution in [1.29, 1.82) is 0 Å². The fraction of sp³-hybridized carbons (Fsp3) is 0.720. The molecule has 4 bridgehead atoms. The Morgan fingerprint density at radius 3 is 2.21 bits per heavy atom. The van der Waals surface area contributed by atoms with Crippen molar-refractivity contribution in [3.63, 3.8) is 0 Å². The summed E-state index contributed by atoms with van der Waals surface area (Å²) in [7, 11) is 0. The van der Waals surface area contributed by atoms with Crippen molar-refractivity contribution < 1.29 is 4.79 Å². The maximum absolute atomic E-state index is 13.3. The molecule has 0 spiro atoms. The number of likely N-dealkylation sites (tertiary alicyclic amines) is 1. The van der Waals surface area contributed by atoms with Crippen LogP contribution in [0.1, 0.15) is 56.1 Å². The number of hydrogen-bond donors (Lipinski definition) is 1. The molecule has 150 valence electrons. The first kappa shape index (κ1) is 17.5. The van der Waals surface area contributed by atoms with Gasteiger partial charge in [0.25, 0.3) is 0 Å². The maximum Gasteiger partial charge on any atom is 0.226 e. The Labute approximate surface area is 169 Å². The minimum Gasteiger partial charge on any atom is -0.352 e. The molecular weight excluding hydrogens is 344 g/mol. The minimum absolute atomic E-state index is 0.00919. The van der Waals surface area contributed by atoms with Crippen LogP contribution in [0.2, 0.25) is 0 Å². The first-order chi connectivity index (χ1) is 13.6. The lowest BCUT2D eigenvalue weighted by atomic mass is 9.49. The number of nitrogens with zero attached hydrogens (tertiary/aromatic N) is 1. The number of nitrogens with one attached hydrogen (secondary N) is 1. The summed E-state index contributed by atoms with van der Waals surface area (Å²) < 4.78 is 0. The number of carbonyl (C=O) groups is 1. The Kier molecular flexibility index (Phi) is 4.12. The van der Waals surface area contributed by atoms with Gasteiger partial charge < -0.3 is 10.2 Å². The van der Waals surface area contributed by atoms with Gasteiger partial charge in [-0.25, -0.2) is 0 Å². The normalized spacial score (nSPS) is 39.4. The Hall–Kier alpha value is -1.35. The van der Waals surface area contributed by atoms with Crippen molar-refractivity contribution in [3.8, 4) is 0 Å². The van der Waals surface area contributed by atoms with E-state index in [1.165, 1.54) is 57.9 Å². The lowest BCUT2D eigenvalue weighted by Gasteiger charge is -2.55. The highest BCUT2D eigenvalue weighted by Crippen LogP contribution is 2.60. The van der Waals surface area contributed by atoms with E-state index >= 15 is 0 Å². The Bertz CT molecular complexity index is 711. The van der Waals surface area contributed by atoms with Gasteiger partial charge in [-0.3, -0.25) is 4.79 Å². The monoisotopic (exact) mass is 378 g/mol. The highest BCUT2D eigenvalue weighted by atomic mass is 16.2. The highest BCUT2D eigenvalue weighted by molar-refractivity contribution is 5.83. The number of carbonyl (C=O) groups excluding carboxylic acids is 1. The largest absolute Gasteiger partial charge is 0.352 e. The van der Waals surface area contributed by atoms with Crippen LogP contribution in [0, 0.1) is 29.1 Å². The molecule has 4 saturated carbocycles. The molecule has 1 atom stereocenters. The molecule has 1 aromatic carbocycles. The van der Waals surface area contributed by atoms with Gasteiger partial charge in [0.05, 0.1) is 0 Å². The predicted molar refractivity (Wildman–Crippen MR) is 111 cm³/mol. The van der Waals surface area contributed by atoms with Gasteiger partial charge in [-0.05, 0) is 92.6 Å². The van der Waals surface area contributed by atoms with Gasteiger partial charge in [0, 0.05) is 31.1 Å². The van der Waals surface area contributed by atoms with Gasteiger partial charge in [0.1, 0.15) is 0 Å². The van der Waals surface area contributed by atoms with Crippen LogP contribution < -0.4 is 5.32 Å². The van der Waals surface area contributed by atoms with Gasteiger partial charge in [-0.1, -0.05) is 24.3 Å². The molecule has 0 aromatic heterocycles. The van der Waals surface area contributed by atoms with Crippen molar-refractivity contribution in [3.05, 3.63) is 35.4 Å². The number of benzene rings is 1. The molecule has 6 aliphatic rings. The van der Waals surface area contributed by atoms with Crippen molar-refractivity contribution >= 4 is 5.91 Å². The van der Waals surface area contributed by atoms with E-state index in [0.29, 0.717) is 11.9 Å². The average molecular weight is 379 g/mol. The summed E-state index contributed by atoms with van der Waals surface area (Å²) in [4.78, 5) is 15.9. The summed E-state index contributed by atoms with van der Waals surface area (Å²) in [6.45, 7) is 3.40. The Balaban J connectivity index is 1.04. The second kappa shape index (κ2) is 6.58. The standard InChI is InChI=1S/C25H34N2O/c28-24(25-12-17-7-18(13-25)9-19(8-17)14-25)26-23-5-6-27(16-23)15-20-10-21-3-1-2-4-22(21)11-20/h1-4,17-20,23H,5-16H2,(H,26,28)/t17?,18?,19?,23-,25?/m0/s1. The van der Waals surface area contributed by atoms with E-state index < -0.39 is 0 Å². The molecule has 1 N–H and O–H groups in total. The van der Waals surface area contributed by atoms with Crippen LogP contribution in [0.3, 0.4) is 0 Å². The van der Waals surface area contributed by atoms with Gasteiger partial charge in [0.15, 0.2) is 0 Å². The van der Waals surface area contributed by atoms with E-state index in [1.807, 2.05) is 0 Å². The molecule has 3 nitrogen and oxygen atoms in total. The number of amides is 1. The number of rotatable bonds is 4. The Morgan fingerprint density at radius 1 is 1.00 bits per heavy atom. The zero-order chi connectivity index (χ0) is 18.7. The van der Waals surface area contributed by atoms with Gasteiger partial charge in [0.2, 0.25) is 5.91 Å². The zero-order valence-corrected chi connectivity index (χ0v) is 17.0. The number of hydrogen-bond acceptors (Lipinski definition) is 2. The molecule has 1 aromatic rings. The second-order valence-electron chi connectivity index (χ2n) is 11.0. The van der Waals surface area contributed by atoms with Crippen LogP contribution in [0.15, 0.2) is 24.3 Å². The first-order valence-electron chi connectivity index (χ1n) is 11.8. The van der Waals surface area contributed by atoms with E-state index in [4.69, 9.17) is 0 Å². The van der Waals surface area contributed by atoms with Crippen LogP contribution in [0.4, 0.5) is 0 Å². The summed E-state index contributed by atoms with van der Waals surface area (Å²) in [5.74, 6) is 3.73. The molecule has 5 aliphatic carbocycles. The van der Waals surface area contributed by atoms with Crippen molar-refractivity contribution in [1.82, 2.24) is 10.2 Å². The molecule has 1 amide bonds. The fourth-order valence-electron chi connectivity index (χ4n) is 7.99. The van der Waals surface area contributed by atoms with E-state index in [1.54, 1.807) is 11.1 Å². The summed E-state index contributed by atoms with van der Waals surface area (Å²) in [6.07, 6.45) is 11.4. The third kappa shape index (κ3) is 3.01. The van der Waals surface area contributed by atoms with E-state index in [0.717, 1.165) is 43.2 Å². The quantitative estimate of drug-likeness (QED) is 0.864. The van der Waals surface area contributed by atoms with Crippen LogP contribution in [0.5, 0.6) is 0 Å². The minimum atomic E-state index is 0.00919. The van der Waals surface area contributed by atoms with Crippen LogP contribution in [-0.4, -0.2) is 36.5 Å². The SMILES string of the molecule is O=C(N[C@H]1CCN(CC2Cc3ccccc3C2)C1)C12CC3CC(CC(C3)C1)C2. The van der Waals surface area contributed by atoms with Crippen LogP contribution in [0.25, 0.3) is 0 Å². The molecule has 5 fully saturated rings. The van der Waals surface area contributed by atoms with Crippen molar-refractivity contribution in [2.24, 2.45) is 29.1 Å². The highest BCUT2D eigenvalue weighted by Gasteiger charge is 2.54. The van der Waals surface area contributed by atoms with Gasteiger partial charge >= 0.3 is 0 Å². The Morgan fingerprint density at radius 2 is 1.61 bits per heavy atom. The molecule has 28 heavy (non-hydrogen) atoms. The van der Waals surface area contributed by atoms with Crippen molar-refractivity contribution in [2.75, 3.05) is 19.6 Å². The summed E-state index contributed by atoms with van der Waals surface area (Å²) in [5.41, 5.74) is 3.12. The van der Waals surface area contributed by atoms with Gasteiger partial charge in [-0.15, -0.1) is 0 Å². The molecular formula is C25H34N2O. The van der Waals surface area contributed by atoms with Crippen molar-refractivity contribution in [2.45, 2.75) is 63.8 Å². The summed E-state index contributed by atoms with van der Waals surface area (Å²) in [5, 5.41) is 3.53. The topological polar surface area (TPSA) is 32.3 Å². The lowest BCUT2D eigenvalue weighted by Crippen LogP contribution is -2.55.